The van der Waals surface area contributed by atoms with Crippen LogP contribution in [0.3, 0.4) is 0 Å². The minimum Gasteiger partial charge on any atom is -0.478 e. The smallest absolute Gasteiger partial charge is 0.335 e. The molecule has 0 saturated carbocycles. The molecule has 1 N–H and O–H groups in total. The van der Waals surface area contributed by atoms with Gasteiger partial charge < -0.3 is 9.84 Å². The molecule has 0 aliphatic carbocycles. The molecule has 0 bridgehead atoms. The summed E-state index contributed by atoms with van der Waals surface area (Å²) < 4.78 is 42.0. The van der Waals surface area contributed by atoms with E-state index in [-0.39, 0.29) is 22.8 Å². The van der Waals surface area contributed by atoms with E-state index in [1.54, 1.807) is 0 Å². The van der Waals surface area contributed by atoms with Gasteiger partial charge in [0.15, 0.2) is 0 Å². The monoisotopic (exact) mass is 294 g/mol. The molecular weight excluding hydrogens is 287 g/mol. The van der Waals surface area contributed by atoms with Crippen LogP contribution in [-0.4, -0.2) is 31.6 Å². The number of carboxylic acids is 1. The molecule has 0 saturated heterocycles. The van der Waals surface area contributed by atoms with E-state index in [2.05, 4.69) is 0 Å². The Morgan fingerprint density at radius 2 is 2.17 bits per heavy atom. The van der Waals surface area contributed by atoms with Crippen molar-refractivity contribution in [3.8, 4) is 0 Å². The van der Waals surface area contributed by atoms with Crippen LogP contribution in [0.15, 0.2) is 17.0 Å². The molecule has 1 atom stereocenters. The number of halogens is 2. The first-order chi connectivity index (χ1) is 8.34. The quantitative estimate of drug-likeness (QED) is 0.851. The average molecular weight is 295 g/mol. The number of alkyl halides is 1. The Labute approximate surface area is 107 Å². The molecule has 0 amide bonds. The second-order valence-electron chi connectivity index (χ2n) is 3.71. The zero-order valence-corrected chi connectivity index (χ0v) is 10.5. The van der Waals surface area contributed by atoms with Gasteiger partial charge in [0.05, 0.1) is 23.7 Å². The Morgan fingerprint density at radius 1 is 1.50 bits per heavy atom. The highest BCUT2D eigenvalue weighted by Gasteiger charge is 2.34. The van der Waals surface area contributed by atoms with Crippen molar-refractivity contribution < 1.29 is 27.4 Å². The van der Waals surface area contributed by atoms with Gasteiger partial charge in [0, 0.05) is 10.6 Å². The van der Waals surface area contributed by atoms with Crippen LogP contribution in [0.2, 0.25) is 5.02 Å². The van der Waals surface area contributed by atoms with Crippen LogP contribution in [0, 0.1) is 0 Å². The summed E-state index contributed by atoms with van der Waals surface area (Å²) in [6.07, 6.45) is 0. The lowest BCUT2D eigenvalue weighted by atomic mass is 10.1. The maximum absolute atomic E-state index is 13.5. The molecule has 5 nitrogen and oxygen atoms in total. The second kappa shape index (κ2) is 4.49. The minimum atomic E-state index is -4.28. The van der Waals surface area contributed by atoms with Crippen LogP contribution in [0.25, 0.3) is 0 Å². The fraction of sp³-hybridized carbons (Fsp3) is 0.300. The summed E-state index contributed by atoms with van der Waals surface area (Å²) in [6, 6.07) is 2.01. The van der Waals surface area contributed by atoms with Crippen LogP contribution in [0.1, 0.15) is 15.9 Å². The normalized spacial score (nSPS) is 22.0. The van der Waals surface area contributed by atoms with Gasteiger partial charge in [-0.25, -0.2) is 17.6 Å². The highest BCUT2D eigenvalue weighted by Crippen LogP contribution is 2.32. The summed E-state index contributed by atoms with van der Waals surface area (Å²) >= 11 is 5.81. The molecule has 0 fully saturated rings. The number of hydrogen-bond donors (Lipinski definition) is 1. The lowest BCUT2D eigenvalue weighted by Crippen LogP contribution is -2.20. The number of sulfone groups is 1. The molecule has 0 radical (unpaired) electrons. The van der Waals surface area contributed by atoms with Gasteiger partial charge in [0.2, 0.25) is 15.3 Å². The first-order valence-electron chi connectivity index (χ1n) is 4.85. The summed E-state index contributed by atoms with van der Waals surface area (Å²) in [4.78, 5) is 10.4. The zero-order valence-electron chi connectivity index (χ0n) is 8.89. The number of ether oxygens (including phenoxy) is 1. The molecule has 8 heteroatoms. The van der Waals surface area contributed by atoms with Gasteiger partial charge in [-0.3, -0.25) is 0 Å². The summed E-state index contributed by atoms with van der Waals surface area (Å²) in [6.45, 7) is -0.774. The fourth-order valence-electron chi connectivity index (χ4n) is 1.61. The molecule has 0 unspecified atom stereocenters. The second-order valence-corrected chi connectivity index (χ2v) is 6.16. The summed E-state index contributed by atoms with van der Waals surface area (Å²) in [5, 5.41) is 8.77. The van der Waals surface area contributed by atoms with Crippen LogP contribution in [-0.2, 0) is 21.2 Å². The molecule has 98 valence electrons. The van der Waals surface area contributed by atoms with E-state index in [1.807, 2.05) is 0 Å². The third-order valence-electron chi connectivity index (χ3n) is 2.54. The molecule has 18 heavy (non-hydrogen) atoms. The van der Waals surface area contributed by atoms with Crippen molar-refractivity contribution in [1.29, 1.82) is 0 Å². The molecule has 2 rings (SSSR count). The number of fused-ring (bicyclic) bond motifs is 1. The van der Waals surface area contributed by atoms with Crippen molar-refractivity contribution in [3.05, 3.63) is 28.3 Å². The van der Waals surface area contributed by atoms with Crippen LogP contribution >= 0.6 is 11.6 Å². The molecule has 0 spiro atoms. The van der Waals surface area contributed by atoms with Crippen molar-refractivity contribution in [2.45, 2.75) is 17.0 Å². The first-order valence-corrected chi connectivity index (χ1v) is 6.78. The van der Waals surface area contributed by atoms with E-state index in [0.29, 0.717) is 0 Å². The van der Waals surface area contributed by atoms with Crippen LogP contribution in [0.4, 0.5) is 4.39 Å². The molecule has 1 aliphatic heterocycles. The Balaban J connectivity index is 2.75. The van der Waals surface area contributed by atoms with Crippen molar-refractivity contribution in [2.75, 3.05) is 6.61 Å². The van der Waals surface area contributed by atoms with Gasteiger partial charge in [-0.1, -0.05) is 11.6 Å². The van der Waals surface area contributed by atoms with Crippen molar-refractivity contribution >= 4 is 27.4 Å². The Bertz CT molecular complexity index is 613. The lowest BCUT2D eigenvalue weighted by Gasteiger charge is -2.09. The maximum Gasteiger partial charge on any atom is 0.335 e. The molecule has 1 aliphatic rings. The molecule has 0 aromatic heterocycles. The van der Waals surface area contributed by atoms with E-state index in [0.717, 1.165) is 12.1 Å². The summed E-state index contributed by atoms with van der Waals surface area (Å²) in [5.41, 5.74) is -2.45. The van der Waals surface area contributed by atoms with Gasteiger partial charge in [0.1, 0.15) is 0 Å². The Morgan fingerprint density at radius 3 is 2.78 bits per heavy atom. The van der Waals surface area contributed by atoms with E-state index < -0.39 is 32.8 Å². The predicted molar refractivity (Wildman–Crippen MR) is 60.1 cm³/mol. The number of benzene rings is 1. The minimum absolute atomic E-state index is 0.0671. The molecular formula is C10H8ClFO5S. The van der Waals surface area contributed by atoms with E-state index >= 15 is 0 Å². The van der Waals surface area contributed by atoms with Crippen molar-refractivity contribution in [2.24, 2.45) is 0 Å². The molecule has 1 heterocycles. The van der Waals surface area contributed by atoms with E-state index in [9.17, 15) is 17.6 Å². The van der Waals surface area contributed by atoms with Gasteiger partial charge >= 0.3 is 5.97 Å². The lowest BCUT2D eigenvalue weighted by molar-refractivity contribution is 0.0696. The largest absolute Gasteiger partial charge is 0.478 e. The fourth-order valence-corrected chi connectivity index (χ4v) is 3.29. The van der Waals surface area contributed by atoms with Gasteiger partial charge in [-0.05, 0) is 12.1 Å². The van der Waals surface area contributed by atoms with Crippen LogP contribution in [0.5, 0.6) is 0 Å². The third kappa shape index (κ3) is 2.09. The Hall–Kier alpha value is -1.18. The molecule has 1 aromatic rings. The maximum atomic E-state index is 13.5. The highest BCUT2D eigenvalue weighted by molar-refractivity contribution is 7.92. The number of aromatic carboxylic acids is 1. The van der Waals surface area contributed by atoms with E-state index in [1.165, 1.54) is 0 Å². The molecule has 1 aromatic carbocycles. The topological polar surface area (TPSA) is 80.7 Å². The highest BCUT2D eigenvalue weighted by atomic mass is 35.5. The zero-order chi connectivity index (χ0) is 13.5. The number of carboxylic acid groups (broad SMARTS) is 1. The van der Waals surface area contributed by atoms with Gasteiger partial charge in [-0.15, -0.1) is 0 Å². The van der Waals surface area contributed by atoms with Crippen molar-refractivity contribution in [1.82, 2.24) is 0 Å². The van der Waals surface area contributed by atoms with Crippen molar-refractivity contribution in [3.63, 3.8) is 0 Å². The Kier molecular flexibility index (Phi) is 3.31. The number of carbonyl (C=O) groups is 1. The van der Waals surface area contributed by atoms with Gasteiger partial charge in [-0.2, -0.15) is 0 Å². The number of hydrogen-bond acceptors (Lipinski definition) is 4. The summed E-state index contributed by atoms with van der Waals surface area (Å²) in [7, 11) is -4.28. The van der Waals surface area contributed by atoms with Gasteiger partial charge in [0.25, 0.3) is 0 Å². The van der Waals surface area contributed by atoms with E-state index in [4.69, 9.17) is 21.4 Å². The first kappa shape index (κ1) is 13.3. The number of rotatable bonds is 1. The SMILES string of the molecule is O=C(O)c1cc(Cl)c2c(c1)S(=O)(=O)[C@@H](F)COC2. The third-order valence-corrected chi connectivity index (χ3v) is 4.66. The summed E-state index contributed by atoms with van der Waals surface area (Å²) in [5.74, 6) is -1.34. The average Bonchev–Trinajstić information content (AvgIpc) is 2.39. The predicted octanol–water partition coefficient (Wildman–Crippen LogP) is 1.64. The standard InChI is InChI=1S/C10H8ClFO5S/c11-7-1-5(10(13)14)2-8-6(7)3-17-4-9(12)18(8,15)16/h1-2,9H,3-4H2,(H,13,14)/t9-/m1/s1. The van der Waals surface area contributed by atoms with Crippen LogP contribution < -0.4 is 0 Å².